The van der Waals surface area contributed by atoms with Crippen LogP contribution in [0.4, 0.5) is 5.69 Å². The van der Waals surface area contributed by atoms with Crippen LogP contribution in [0, 0.1) is 5.92 Å². The molecular formula is C17H25N3O2. The Kier molecular flexibility index (Phi) is 5.55. The third-order valence-electron chi connectivity index (χ3n) is 4.32. The highest BCUT2D eigenvalue weighted by Gasteiger charge is 2.22. The molecule has 0 aliphatic carbocycles. The Hall–Kier alpha value is -1.88. The Morgan fingerprint density at radius 2 is 2.23 bits per heavy atom. The van der Waals surface area contributed by atoms with Crippen LogP contribution in [0.3, 0.4) is 0 Å². The molecule has 0 spiro atoms. The van der Waals surface area contributed by atoms with Crippen molar-refractivity contribution in [2.45, 2.75) is 45.7 Å². The summed E-state index contributed by atoms with van der Waals surface area (Å²) in [5.74, 6) is 0.200. The SMILES string of the molecule is CCC(C)C(N)C(=O)NCc1cccc(N2CCCC2=O)c1. The van der Waals surface area contributed by atoms with E-state index >= 15 is 0 Å². The number of hydrogen-bond acceptors (Lipinski definition) is 3. The number of nitrogens with zero attached hydrogens (tertiary/aromatic N) is 1. The van der Waals surface area contributed by atoms with Crippen molar-refractivity contribution in [1.29, 1.82) is 0 Å². The van der Waals surface area contributed by atoms with Gasteiger partial charge in [-0.3, -0.25) is 9.59 Å². The molecule has 1 aliphatic rings. The zero-order valence-electron chi connectivity index (χ0n) is 13.3. The lowest BCUT2D eigenvalue weighted by molar-refractivity contribution is -0.123. The Balaban J connectivity index is 1.96. The summed E-state index contributed by atoms with van der Waals surface area (Å²) in [6.45, 7) is 5.20. The zero-order valence-corrected chi connectivity index (χ0v) is 13.3. The van der Waals surface area contributed by atoms with Gasteiger partial charge in [0.05, 0.1) is 6.04 Å². The number of hydrogen-bond donors (Lipinski definition) is 2. The van der Waals surface area contributed by atoms with E-state index in [-0.39, 0.29) is 17.7 Å². The average Bonchev–Trinajstić information content (AvgIpc) is 2.97. The maximum Gasteiger partial charge on any atom is 0.237 e. The van der Waals surface area contributed by atoms with Gasteiger partial charge in [0.15, 0.2) is 0 Å². The molecule has 0 bridgehead atoms. The van der Waals surface area contributed by atoms with Gasteiger partial charge in [0.2, 0.25) is 11.8 Å². The molecule has 0 radical (unpaired) electrons. The minimum atomic E-state index is -0.478. The molecule has 5 nitrogen and oxygen atoms in total. The molecule has 2 unspecified atom stereocenters. The summed E-state index contributed by atoms with van der Waals surface area (Å²) in [4.78, 5) is 25.6. The Morgan fingerprint density at radius 3 is 2.86 bits per heavy atom. The van der Waals surface area contributed by atoms with E-state index in [4.69, 9.17) is 5.73 Å². The fourth-order valence-electron chi connectivity index (χ4n) is 2.57. The van der Waals surface area contributed by atoms with Crippen LogP contribution in [-0.2, 0) is 16.1 Å². The third-order valence-corrected chi connectivity index (χ3v) is 4.32. The predicted octanol–water partition coefficient (Wildman–Crippen LogP) is 1.80. The summed E-state index contributed by atoms with van der Waals surface area (Å²) < 4.78 is 0. The van der Waals surface area contributed by atoms with Gasteiger partial charge >= 0.3 is 0 Å². The molecule has 1 aromatic rings. The maximum atomic E-state index is 12.0. The van der Waals surface area contributed by atoms with E-state index in [1.807, 2.05) is 38.1 Å². The molecule has 0 aromatic heterocycles. The van der Waals surface area contributed by atoms with Crippen LogP contribution in [0.2, 0.25) is 0 Å². The van der Waals surface area contributed by atoms with Gasteiger partial charge in [0.1, 0.15) is 0 Å². The maximum absolute atomic E-state index is 12.0. The smallest absolute Gasteiger partial charge is 0.237 e. The molecule has 2 atom stereocenters. The van der Waals surface area contributed by atoms with E-state index in [0.29, 0.717) is 13.0 Å². The first-order chi connectivity index (χ1) is 10.5. The minimum absolute atomic E-state index is 0.128. The molecule has 2 amide bonds. The second-order valence-corrected chi connectivity index (χ2v) is 5.95. The summed E-state index contributed by atoms with van der Waals surface area (Å²) >= 11 is 0. The minimum Gasteiger partial charge on any atom is -0.351 e. The van der Waals surface area contributed by atoms with Crippen LogP contribution in [0.5, 0.6) is 0 Å². The number of amides is 2. The average molecular weight is 303 g/mol. The van der Waals surface area contributed by atoms with Gasteiger partial charge in [-0.25, -0.2) is 0 Å². The van der Waals surface area contributed by atoms with Gasteiger partial charge in [-0.15, -0.1) is 0 Å². The first kappa shape index (κ1) is 16.5. The Bertz CT molecular complexity index is 544. The molecule has 5 heteroatoms. The summed E-state index contributed by atoms with van der Waals surface area (Å²) in [6, 6.07) is 7.27. The van der Waals surface area contributed by atoms with Gasteiger partial charge < -0.3 is 16.0 Å². The van der Waals surface area contributed by atoms with E-state index in [0.717, 1.165) is 30.6 Å². The molecule has 1 saturated heterocycles. The second-order valence-electron chi connectivity index (χ2n) is 5.95. The molecule has 3 N–H and O–H groups in total. The lowest BCUT2D eigenvalue weighted by Crippen LogP contribution is -2.44. The topological polar surface area (TPSA) is 75.4 Å². The highest BCUT2D eigenvalue weighted by atomic mass is 16.2. The summed E-state index contributed by atoms with van der Waals surface area (Å²) in [7, 11) is 0. The highest BCUT2D eigenvalue weighted by molar-refractivity contribution is 5.95. The van der Waals surface area contributed by atoms with Crippen molar-refractivity contribution in [3.8, 4) is 0 Å². The van der Waals surface area contributed by atoms with Crippen molar-refractivity contribution in [3.63, 3.8) is 0 Å². The van der Waals surface area contributed by atoms with E-state index < -0.39 is 6.04 Å². The van der Waals surface area contributed by atoms with Gasteiger partial charge in [-0.2, -0.15) is 0 Å². The van der Waals surface area contributed by atoms with E-state index in [2.05, 4.69) is 5.32 Å². The number of nitrogens with two attached hydrogens (primary N) is 1. The van der Waals surface area contributed by atoms with Crippen molar-refractivity contribution in [2.75, 3.05) is 11.4 Å². The van der Waals surface area contributed by atoms with Crippen molar-refractivity contribution >= 4 is 17.5 Å². The number of carbonyl (C=O) groups is 2. The quantitative estimate of drug-likeness (QED) is 0.841. The van der Waals surface area contributed by atoms with Crippen molar-refractivity contribution < 1.29 is 9.59 Å². The predicted molar refractivity (Wildman–Crippen MR) is 87.3 cm³/mol. The standard InChI is InChI=1S/C17H25N3O2/c1-3-12(2)16(18)17(22)19-11-13-6-4-7-14(10-13)20-9-5-8-15(20)21/h4,6-7,10,12,16H,3,5,8-9,11,18H2,1-2H3,(H,19,22). The van der Waals surface area contributed by atoms with E-state index in [1.54, 1.807) is 4.90 Å². The van der Waals surface area contributed by atoms with Gasteiger partial charge in [-0.1, -0.05) is 32.4 Å². The largest absolute Gasteiger partial charge is 0.351 e. The number of carbonyl (C=O) groups excluding carboxylic acids is 2. The molecular weight excluding hydrogens is 278 g/mol. The first-order valence-corrected chi connectivity index (χ1v) is 7.95. The van der Waals surface area contributed by atoms with Crippen LogP contribution in [0.25, 0.3) is 0 Å². The van der Waals surface area contributed by atoms with Gasteiger partial charge in [0, 0.05) is 25.2 Å². The molecule has 0 saturated carbocycles. The third kappa shape index (κ3) is 3.85. The molecule has 1 aromatic carbocycles. The fourth-order valence-corrected chi connectivity index (χ4v) is 2.57. The normalized spacial score (nSPS) is 17.4. The van der Waals surface area contributed by atoms with Crippen LogP contribution < -0.4 is 16.0 Å². The Morgan fingerprint density at radius 1 is 1.45 bits per heavy atom. The van der Waals surface area contributed by atoms with Crippen molar-refractivity contribution in [1.82, 2.24) is 5.32 Å². The number of nitrogens with one attached hydrogen (secondary N) is 1. The highest BCUT2D eigenvalue weighted by Crippen LogP contribution is 2.22. The Labute approximate surface area is 131 Å². The van der Waals surface area contributed by atoms with Gasteiger partial charge in [-0.05, 0) is 30.0 Å². The van der Waals surface area contributed by atoms with Crippen LogP contribution >= 0.6 is 0 Å². The zero-order chi connectivity index (χ0) is 16.1. The monoisotopic (exact) mass is 303 g/mol. The molecule has 1 fully saturated rings. The van der Waals surface area contributed by atoms with Crippen molar-refractivity contribution in [3.05, 3.63) is 29.8 Å². The first-order valence-electron chi connectivity index (χ1n) is 7.95. The summed E-state index contributed by atoms with van der Waals surface area (Å²) in [5.41, 5.74) is 7.80. The second kappa shape index (κ2) is 7.40. The van der Waals surface area contributed by atoms with E-state index in [9.17, 15) is 9.59 Å². The molecule has 1 heterocycles. The number of rotatable bonds is 6. The van der Waals surface area contributed by atoms with E-state index in [1.165, 1.54) is 0 Å². The molecule has 120 valence electrons. The lowest BCUT2D eigenvalue weighted by Gasteiger charge is -2.19. The van der Waals surface area contributed by atoms with Crippen molar-refractivity contribution in [2.24, 2.45) is 11.7 Å². The summed E-state index contributed by atoms with van der Waals surface area (Å²) in [5, 5.41) is 2.88. The fraction of sp³-hybridized carbons (Fsp3) is 0.529. The van der Waals surface area contributed by atoms with Crippen LogP contribution in [0.1, 0.15) is 38.7 Å². The lowest BCUT2D eigenvalue weighted by atomic mass is 9.99. The number of benzene rings is 1. The molecule has 1 aliphatic heterocycles. The van der Waals surface area contributed by atoms with Gasteiger partial charge in [0.25, 0.3) is 0 Å². The van der Waals surface area contributed by atoms with Crippen LogP contribution in [-0.4, -0.2) is 24.4 Å². The molecule has 2 rings (SSSR count). The summed E-state index contributed by atoms with van der Waals surface area (Å²) in [6.07, 6.45) is 2.40. The molecule has 22 heavy (non-hydrogen) atoms. The number of anilines is 1. The van der Waals surface area contributed by atoms with Crippen LogP contribution in [0.15, 0.2) is 24.3 Å².